The molecule has 0 amide bonds. The molecule has 5 heteroatoms. The zero-order chi connectivity index (χ0) is 12.4. The van der Waals surface area contributed by atoms with Gasteiger partial charge in [-0.25, -0.2) is 4.98 Å². The van der Waals surface area contributed by atoms with Gasteiger partial charge in [0.2, 0.25) is 0 Å². The first-order valence-electron chi connectivity index (χ1n) is 5.79. The van der Waals surface area contributed by atoms with Gasteiger partial charge in [-0.2, -0.15) is 5.10 Å². The second kappa shape index (κ2) is 4.71. The van der Waals surface area contributed by atoms with Crippen LogP contribution in [0.2, 0.25) is 0 Å². The average molecular weight is 234 g/mol. The van der Waals surface area contributed by atoms with Gasteiger partial charge in [0.1, 0.15) is 11.9 Å². The number of rotatable bonds is 4. The van der Waals surface area contributed by atoms with Crippen molar-refractivity contribution in [2.75, 3.05) is 0 Å². The van der Waals surface area contributed by atoms with E-state index in [1.807, 2.05) is 30.9 Å². The fraction of sp³-hybridized carbons (Fsp3) is 0.500. The lowest BCUT2D eigenvalue weighted by Crippen LogP contribution is -2.10. The zero-order valence-corrected chi connectivity index (χ0v) is 10.5. The van der Waals surface area contributed by atoms with Crippen LogP contribution in [0, 0.1) is 0 Å². The highest BCUT2D eigenvalue weighted by atomic mass is 16.3. The zero-order valence-electron chi connectivity index (χ0n) is 10.5. The van der Waals surface area contributed by atoms with Crippen molar-refractivity contribution in [2.24, 2.45) is 14.1 Å². The highest BCUT2D eigenvalue weighted by Crippen LogP contribution is 2.18. The molecule has 0 bridgehead atoms. The minimum Gasteiger partial charge on any atom is -0.386 e. The first kappa shape index (κ1) is 11.9. The molecule has 2 aromatic rings. The molecule has 2 aromatic heterocycles. The number of aryl methyl sites for hydroxylation is 3. The van der Waals surface area contributed by atoms with Crippen LogP contribution in [0.3, 0.4) is 0 Å². The first-order valence-corrected chi connectivity index (χ1v) is 5.79. The Kier molecular flexibility index (Phi) is 3.28. The molecule has 92 valence electrons. The quantitative estimate of drug-likeness (QED) is 0.858. The standard InChI is InChI=1S/C12H18N4O/c1-4-9-7-10(16(3)14-9)11(17)8-12-13-5-6-15(12)2/h5-7,11,17H,4,8H2,1-3H3. The minimum atomic E-state index is -0.561. The Balaban J connectivity index is 2.17. The predicted octanol–water partition coefficient (Wildman–Crippen LogP) is 0.992. The molecule has 0 aliphatic carbocycles. The molecule has 1 atom stereocenters. The van der Waals surface area contributed by atoms with Crippen molar-refractivity contribution in [3.63, 3.8) is 0 Å². The van der Waals surface area contributed by atoms with Crippen LogP contribution in [-0.4, -0.2) is 24.4 Å². The average Bonchev–Trinajstić information content (AvgIpc) is 2.86. The molecule has 2 rings (SSSR count). The number of hydrogen-bond acceptors (Lipinski definition) is 3. The Labute approximate surface area is 101 Å². The van der Waals surface area contributed by atoms with Gasteiger partial charge in [-0.3, -0.25) is 4.68 Å². The molecule has 1 unspecified atom stereocenters. The summed E-state index contributed by atoms with van der Waals surface area (Å²) in [5.41, 5.74) is 1.84. The van der Waals surface area contributed by atoms with Crippen LogP contribution in [0.4, 0.5) is 0 Å². The lowest BCUT2D eigenvalue weighted by atomic mass is 10.1. The lowest BCUT2D eigenvalue weighted by molar-refractivity contribution is 0.165. The Hall–Kier alpha value is -1.62. The number of hydrogen-bond donors (Lipinski definition) is 1. The third kappa shape index (κ3) is 2.39. The Bertz CT molecular complexity index is 500. The molecule has 0 aromatic carbocycles. The monoisotopic (exact) mass is 234 g/mol. The summed E-state index contributed by atoms with van der Waals surface area (Å²) in [6.45, 7) is 2.05. The SMILES string of the molecule is CCc1cc(C(O)Cc2nccn2C)n(C)n1. The van der Waals surface area contributed by atoms with Crippen LogP contribution in [0.5, 0.6) is 0 Å². The summed E-state index contributed by atoms with van der Waals surface area (Å²) in [5, 5.41) is 14.5. The van der Waals surface area contributed by atoms with Crippen molar-refractivity contribution in [3.05, 3.63) is 35.7 Å². The van der Waals surface area contributed by atoms with E-state index in [-0.39, 0.29) is 0 Å². The van der Waals surface area contributed by atoms with Gasteiger partial charge < -0.3 is 9.67 Å². The normalized spacial score (nSPS) is 12.9. The van der Waals surface area contributed by atoms with E-state index >= 15 is 0 Å². The molecule has 0 fully saturated rings. The number of aromatic nitrogens is 4. The third-order valence-electron chi connectivity index (χ3n) is 2.97. The smallest absolute Gasteiger partial charge is 0.111 e. The van der Waals surface area contributed by atoms with Crippen molar-refractivity contribution < 1.29 is 5.11 Å². The first-order chi connectivity index (χ1) is 8.11. The molecule has 0 saturated carbocycles. The van der Waals surface area contributed by atoms with E-state index in [9.17, 15) is 5.11 Å². The molecular formula is C12H18N4O. The molecule has 0 spiro atoms. The van der Waals surface area contributed by atoms with Crippen LogP contribution in [-0.2, 0) is 26.9 Å². The van der Waals surface area contributed by atoms with E-state index in [4.69, 9.17) is 0 Å². The van der Waals surface area contributed by atoms with Crippen molar-refractivity contribution in [2.45, 2.75) is 25.9 Å². The van der Waals surface area contributed by atoms with Crippen molar-refractivity contribution in [1.29, 1.82) is 0 Å². The maximum Gasteiger partial charge on any atom is 0.111 e. The molecule has 1 N–H and O–H groups in total. The van der Waals surface area contributed by atoms with E-state index in [1.165, 1.54) is 0 Å². The second-order valence-electron chi connectivity index (χ2n) is 4.21. The molecular weight excluding hydrogens is 216 g/mol. The molecule has 5 nitrogen and oxygen atoms in total. The highest BCUT2D eigenvalue weighted by molar-refractivity contribution is 5.14. The molecule has 0 aliphatic rings. The van der Waals surface area contributed by atoms with Crippen LogP contribution in [0.25, 0.3) is 0 Å². The molecule has 2 heterocycles. The van der Waals surface area contributed by atoms with E-state index in [2.05, 4.69) is 17.0 Å². The van der Waals surface area contributed by atoms with Gasteiger partial charge in [0.05, 0.1) is 11.4 Å². The van der Waals surface area contributed by atoms with Crippen molar-refractivity contribution in [1.82, 2.24) is 19.3 Å². The third-order valence-corrected chi connectivity index (χ3v) is 2.97. The second-order valence-corrected chi connectivity index (χ2v) is 4.21. The van der Waals surface area contributed by atoms with Crippen LogP contribution < -0.4 is 0 Å². The van der Waals surface area contributed by atoms with Gasteiger partial charge in [0.15, 0.2) is 0 Å². The van der Waals surface area contributed by atoms with Gasteiger partial charge >= 0.3 is 0 Å². The Morgan fingerprint density at radius 2 is 2.18 bits per heavy atom. The van der Waals surface area contributed by atoms with Crippen LogP contribution in [0.1, 0.15) is 30.2 Å². The van der Waals surface area contributed by atoms with E-state index in [1.54, 1.807) is 10.9 Å². The predicted molar refractivity (Wildman–Crippen MR) is 64.5 cm³/mol. The van der Waals surface area contributed by atoms with Gasteiger partial charge in [-0.1, -0.05) is 6.92 Å². The lowest BCUT2D eigenvalue weighted by Gasteiger charge is -2.10. The fourth-order valence-electron chi connectivity index (χ4n) is 1.90. The van der Waals surface area contributed by atoms with Crippen molar-refractivity contribution >= 4 is 0 Å². The largest absolute Gasteiger partial charge is 0.386 e. The number of imidazole rings is 1. The summed E-state index contributed by atoms with van der Waals surface area (Å²) in [4.78, 5) is 4.21. The van der Waals surface area contributed by atoms with Crippen LogP contribution >= 0.6 is 0 Å². The topological polar surface area (TPSA) is 55.9 Å². The molecule has 17 heavy (non-hydrogen) atoms. The Morgan fingerprint density at radius 3 is 2.71 bits per heavy atom. The summed E-state index contributed by atoms with van der Waals surface area (Å²) < 4.78 is 3.66. The maximum atomic E-state index is 10.2. The summed E-state index contributed by atoms with van der Waals surface area (Å²) in [7, 11) is 3.78. The summed E-state index contributed by atoms with van der Waals surface area (Å²) >= 11 is 0. The summed E-state index contributed by atoms with van der Waals surface area (Å²) in [6, 6.07) is 1.95. The van der Waals surface area contributed by atoms with E-state index < -0.39 is 6.10 Å². The van der Waals surface area contributed by atoms with E-state index in [0.29, 0.717) is 6.42 Å². The van der Waals surface area contributed by atoms with Crippen molar-refractivity contribution in [3.8, 4) is 0 Å². The van der Waals surface area contributed by atoms with Gasteiger partial charge in [0.25, 0.3) is 0 Å². The minimum absolute atomic E-state index is 0.506. The van der Waals surface area contributed by atoms with Gasteiger partial charge in [0, 0.05) is 32.9 Å². The summed E-state index contributed by atoms with van der Waals surface area (Å²) in [6.07, 6.45) is 4.44. The summed E-state index contributed by atoms with van der Waals surface area (Å²) in [5.74, 6) is 0.872. The maximum absolute atomic E-state index is 10.2. The van der Waals surface area contributed by atoms with E-state index in [0.717, 1.165) is 23.6 Å². The molecule has 0 saturated heterocycles. The molecule has 0 radical (unpaired) electrons. The van der Waals surface area contributed by atoms with Gasteiger partial charge in [-0.15, -0.1) is 0 Å². The number of aliphatic hydroxyl groups is 1. The number of aliphatic hydroxyl groups excluding tert-OH is 1. The highest BCUT2D eigenvalue weighted by Gasteiger charge is 2.16. The van der Waals surface area contributed by atoms with Crippen LogP contribution in [0.15, 0.2) is 18.5 Å². The van der Waals surface area contributed by atoms with Gasteiger partial charge in [-0.05, 0) is 12.5 Å². The Morgan fingerprint density at radius 1 is 1.41 bits per heavy atom. The fourth-order valence-corrected chi connectivity index (χ4v) is 1.90. The number of nitrogens with zero attached hydrogens (tertiary/aromatic N) is 4. The molecule has 0 aliphatic heterocycles.